The number of carbonyl (C=O) groups excluding carboxylic acids is 1. The van der Waals surface area contributed by atoms with Crippen LogP contribution in [0.1, 0.15) is 27.0 Å². The summed E-state index contributed by atoms with van der Waals surface area (Å²) in [5, 5.41) is 9.85. The topological polar surface area (TPSA) is 37.3 Å². The van der Waals surface area contributed by atoms with Crippen molar-refractivity contribution in [3.8, 4) is 16.9 Å². The minimum absolute atomic E-state index is 0.0870. The van der Waals surface area contributed by atoms with Gasteiger partial charge in [-0.25, -0.2) is 0 Å². The highest BCUT2D eigenvalue weighted by Crippen LogP contribution is 2.33. The zero-order valence-electron chi connectivity index (χ0n) is 11.4. The Hall–Kier alpha value is -1.61. The molecule has 102 valence electrons. The third kappa shape index (κ3) is 2.06. The number of fused-ring (bicyclic) bond motifs is 1. The smallest absolute Gasteiger partial charge is 0.177 e. The Balaban J connectivity index is 2.09. The minimum atomic E-state index is -0.0870. The van der Waals surface area contributed by atoms with Crippen molar-refractivity contribution in [1.82, 2.24) is 0 Å². The molecule has 0 saturated carbocycles. The molecule has 20 heavy (non-hydrogen) atoms. The summed E-state index contributed by atoms with van der Waals surface area (Å²) in [5.41, 5.74) is 5.82. The van der Waals surface area contributed by atoms with Crippen LogP contribution in [0.5, 0.6) is 5.75 Å². The number of carbonyl (C=O) groups is 1. The summed E-state index contributed by atoms with van der Waals surface area (Å²) in [6, 6.07) is 9.93. The number of benzene rings is 2. The summed E-state index contributed by atoms with van der Waals surface area (Å²) in [7, 11) is 0. The van der Waals surface area contributed by atoms with E-state index >= 15 is 0 Å². The third-order valence-corrected chi connectivity index (χ3v) is 4.62. The summed E-state index contributed by atoms with van der Waals surface area (Å²) in [6.07, 6.45) is 0.748. The number of aryl methyl sites for hydroxylation is 2. The molecule has 1 aliphatic rings. The molecule has 0 fully saturated rings. The lowest BCUT2D eigenvalue weighted by molar-refractivity contribution is 0.100. The van der Waals surface area contributed by atoms with Crippen molar-refractivity contribution in [2.75, 3.05) is 0 Å². The fraction of sp³-hybridized carbons (Fsp3) is 0.235. The van der Waals surface area contributed by atoms with Crippen LogP contribution in [0.25, 0.3) is 11.1 Å². The zero-order chi connectivity index (χ0) is 14.4. The van der Waals surface area contributed by atoms with Gasteiger partial charge in [-0.2, -0.15) is 0 Å². The number of hydrogen-bond acceptors (Lipinski definition) is 2. The van der Waals surface area contributed by atoms with Crippen molar-refractivity contribution in [3.63, 3.8) is 0 Å². The van der Waals surface area contributed by atoms with E-state index in [1.165, 1.54) is 0 Å². The molecule has 2 aromatic rings. The normalized spacial score (nSPS) is 17.4. The Morgan fingerprint density at radius 3 is 2.40 bits per heavy atom. The first-order valence-electron chi connectivity index (χ1n) is 6.59. The fourth-order valence-corrected chi connectivity index (χ4v) is 3.36. The molecule has 1 unspecified atom stereocenters. The van der Waals surface area contributed by atoms with Crippen LogP contribution in [-0.4, -0.2) is 15.7 Å². The number of phenols is 1. The van der Waals surface area contributed by atoms with Crippen LogP contribution in [0.15, 0.2) is 30.3 Å². The third-order valence-electron chi connectivity index (χ3n) is 3.88. The van der Waals surface area contributed by atoms with E-state index < -0.39 is 0 Å². The Bertz CT molecular complexity index is 696. The van der Waals surface area contributed by atoms with Crippen LogP contribution in [0, 0.1) is 13.8 Å². The molecule has 1 N–H and O–H groups in total. The molecule has 1 aliphatic carbocycles. The molecule has 2 nitrogen and oxygen atoms in total. The number of rotatable bonds is 1. The number of hydrogen-bond donors (Lipinski definition) is 1. The molecule has 0 bridgehead atoms. The quantitative estimate of drug-likeness (QED) is 0.796. The molecule has 0 spiro atoms. The van der Waals surface area contributed by atoms with E-state index in [0.29, 0.717) is 5.75 Å². The number of phenolic OH excluding ortho intramolecular Hbond substituents is 1. The van der Waals surface area contributed by atoms with E-state index in [9.17, 15) is 9.90 Å². The monoisotopic (exact) mass is 330 g/mol. The van der Waals surface area contributed by atoms with Gasteiger partial charge in [0.1, 0.15) is 5.75 Å². The van der Waals surface area contributed by atoms with Crippen LogP contribution >= 0.6 is 15.9 Å². The van der Waals surface area contributed by atoms with Crippen molar-refractivity contribution in [2.24, 2.45) is 0 Å². The van der Waals surface area contributed by atoms with Gasteiger partial charge in [-0.05, 0) is 60.2 Å². The summed E-state index contributed by atoms with van der Waals surface area (Å²) in [6.45, 7) is 3.80. The average molecular weight is 331 g/mol. The summed E-state index contributed by atoms with van der Waals surface area (Å²) in [4.78, 5) is 11.8. The molecule has 3 heteroatoms. The van der Waals surface area contributed by atoms with E-state index in [-0.39, 0.29) is 10.6 Å². The SMILES string of the molecule is Cc1cc(-c2ccc3c(c2)CC(Br)C3=O)cc(C)c1O. The molecule has 1 atom stereocenters. The van der Waals surface area contributed by atoms with Crippen molar-refractivity contribution >= 4 is 21.7 Å². The van der Waals surface area contributed by atoms with Gasteiger partial charge in [0.2, 0.25) is 0 Å². The first-order chi connectivity index (χ1) is 9.47. The van der Waals surface area contributed by atoms with Gasteiger partial charge in [0, 0.05) is 5.56 Å². The van der Waals surface area contributed by atoms with Gasteiger partial charge >= 0.3 is 0 Å². The molecule has 3 rings (SSSR count). The molecule has 0 saturated heterocycles. The summed E-state index contributed by atoms with van der Waals surface area (Å²) in [5.74, 6) is 0.523. The molecular formula is C17H15BrO2. The van der Waals surface area contributed by atoms with E-state index in [1.807, 2.05) is 38.1 Å². The summed E-state index contributed by atoms with van der Waals surface area (Å²) < 4.78 is 0. The molecule has 2 aromatic carbocycles. The molecule has 0 radical (unpaired) electrons. The maximum Gasteiger partial charge on any atom is 0.177 e. The van der Waals surface area contributed by atoms with Gasteiger partial charge in [0.15, 0.2) is 5.78 Å². The highest BCUT2D eigenvalue weighted by atomic mass is 79.9. The van der Waals surface area contributed by atoms with Gasteiger partial charge in [-0.3, -0.25) is 4.79 Å². The zero-order valence-corrected chi connectivity index (χ0v) is 13.0. The summed E-state index contributed by atoms with van der Waals surface area (Å²) >= 11 is 3.42. The number of aromatic hydroxyl groups is 1. The molecule has 0 amide bonds. The van der Waals surface area contributed by atoms with Crippen molar-refractivity contribution in [1.29, 1.82) is 0 Å². The second-order valence-corrected chi connectivity index (χ2v) is 6.47. The fourth-order valence-electron chi connectivity index (χ4n) is 2.76. The second-order valence-electron chi connectivity index (χ2n) is 5.37. The molecule has 0 aromatic heterocycles. The second kappa shape index (κ2) is 4.74. The highest BCUT2D eigenvalue weighted by Gasteiger charge is 2.28. The van der Waals surface area contributed by atoms with Gasteiger partial charge in [0.25, 0.3) is 0 Å². The number of halogens is 1. The largest absolute Gasteiger partial charge is 0.507 e. The molecule has 0 heterocycles. The molecular weight excluding hydrogens is 316 g/mol. The first kappa shape index (κ1) is 13.4. The molecule has 0 aliphatic heterocycles. The maximum atomic E-state index is 11.9. The van der Waals surface area contributed by atoms with Gasteiger partial charge < -0.3 is 5.11 Å². The van der Waals surface area contributed by atoms with E-state index in [1.54, 1.807) is 0 Å². The Morgan fingerprint density at radius 2 is 1.75 bits per heavy atom. The minimum Gasteiger partial charge on any atom is -0.507 e. The highest BCUT2D eigenvalue weighted by molar-refractivity contribution is 9.10. The van der Waals surface area contributed by atoms with Crippen molar-refractivity contribution in [2.45, 2.75) is 25.1 Å². The van der Waals surface area contributed by atoms with E-state index in [4.69, 9.17) is 0 Å². The van der Waals surface area contributed by atoms with Gasteiger partial charge in [-0.15, -0.1) is 0 Å². The van der Waals surface area contributed by atoms with Crippen molar-refractivity contribution < 1.29 is 9.90 Å². The maximum absolute atomic E-state index is 11.9. The van der Waals surface area contributed by atoms with Crippen LogP contribution in [0.2, 0.25) is 0 Å². The Labute approximate surface area is 126 Å². The average Bonchev–Trinajstić information content (AvgIpc) is 2.70. The lowest BCUT2D eigenvalue weighted by Gasteiger charge is -2.09. The number of ketones is 1. The van der Waals surface area contributed by atoms with Crippen molar-refractivity contribution in [3.05, 3.63) is 52.6 Å². The lowest BCUT2D eigenvalue weighted by atomic mass is 9.97. The van der Waals surface area contributed by atoms with E-state index in [2.05, 4.69) is 22.0 Å². The first-order valence-corrected chi connectivity index (χ1v) is 7.50. The van der Waals surface area contributed by atoms with Gasteiger partial charge in [0.05, 0.1) is 4.83 Å². The van der Waals surface area contributed by atoms with E-state index in [0.717, 1.165) is 39.8 Å². The van der Waals surface area contributed by atoms with Crippen LogP contribution in [0.3, 0.4) is 0 Å². The van der Waals surface area contributed by atoms with Crippen LogP contribution < -0.4 is 0 Å². The van der Waals surface area contributed by atoms with Gasteiger partial charge in [-0.1, -0.05) is 34.1 Å². The standard InChI is InChI=1S/C17H15BrO2/c1-9-5-12(6-10(2)16(9)19)11-3-4-14-13(7-11)8-15(18)17(14)20/h3-7,15,19H,8H2,1-2H3. The Morgan fingerprint density at radius 1 is 1.10 bits per heavy atom. The van der Waals surface area contributed by atoms with Crippen LogP contribution in [0.4, 0.5) is 0 Å². The Kier molecular flexibility index (Phi) is 3.17. The predicted octanol–water partition coefficient (Wildman–Crippen LogP) is 4.18. The number of alkyl halides is 1. The van der Waals surface area contributed by atoms with Crippen LogP contribution in [-0.2, 0) is 6.42 Å². The predicted molar refractivity (Wildman–Crippen MR) is 83.8 cm³/mol. The lowest BCUT2D eigenvalue weighted by Crippen LogP contribution is -2.05. The number of Topliss-reactive ketones (excluding diaryl/α,β-unsaturated/α-hetero) is 1.